The molecule has 3 heteroatoms. The molecule has 38 heavy (non-hydrogen) atoms. The molecule has 0 bridgehead atoms. The van der Waals surface area contributed by atoms with Gasteiger partial charge in [-0.1, -0.05) is 42.0 Å². The maximum Gasteiger partial charge on any atom is 0.135 e. The van der Waals surface area contributed by atoms with E-state index in [2.05, 4.69) is 103 Å². The number of para-hydroxylation sites is 1. The Bertz CT molecular complexity index is 2220. The molecule has 0 fully saturated rings. The van der Waals surface area contributed by atoms with Crippen LogP contribution in [0.25, 0.3) is 71.5 Å². The molecule has 0 amide bonds. The van der Waals surface area contributed by atoms with Crippen molar-refractivity contribution in [2.75, 3.05) is 0 Å². The van der Waals surface area contributed by atoms with Crippen LogP contribution in [0, 0.1) is 20.8 Å². The number of benzene rings is 5. The Kier molecular flexibility index (Phi) is 4.28. The summed E-state index contributed by atoms with van der Waals surface area (Å²) in [5, 5.41) is 5.98. The molecule has 5 aromatic carbocycles. The van der Waals surface area contributed by atoms with Crippen molar-refractivity contribution in [1.82, 2.24) is 4.57 Å². The zero-order valence-corrected chi connectivity index (χ0v) is 21.5. The second-order valence-electron chi connectivity index (χ2n) is 10.4. The van der Waals surface area contributed by atoms with Crippen LogP contribution < -0.4 is 0 Å². The van der Waals surface area contributed by atoms with Crippen molar-refractivity contribution >= 4 is 54.7 Å². The van der Waals surface area contributed by atoms with E-state index >= 15 is 0 Å². The molecule has 0 aliphatic carbocycles. The molecular formula is C35H25NO2. The highest BCUT2D eigenvalue weighted by molar-refractivity contribution is 6.11. The van der Waals surface area contributed by atoms with Gasteiger partial charge < -0.3 is 13.4 Å². The fraction of sp³-hybridized carbons (Fsp3) is 0.0857. The molecule has 0 radical (unpaired) electrons. The Morgan fingerprint density at radius 1 is 0.500 bits per heavy atom. The number of rotatable bonds is 2. The van der Waals surface area contributed by atoms with Crippen molar-refractivity contribution < 1.29 is 8.83 Å². The third-order valence-corrected chi connectivity index (χ3v) is 8.05. The lowest BCUT2D eigenvalue weighted by Crippen LogP contribution is -1.93. The number of fused-ring (bicyclic) bond motifs is 7. The van der Waals surface area contributed by atoms with Crippen molar-refractivity contribution in [2.24, 2.45) is 0 Å². The number of aromatic nitrogens is 1. The summed E-state index contributed by atoms with van der Waals surface area (Å²) in [6.07, 6.45) is 0. The Morgan fingerprint density at radius 3 is 2.03 bits per heavy atom. The van der Waals surface area contributed by atoms with Crippen LogP contribution in [0.2, 0.25) is 0 Å². The minimum absolute atomic E-state index is 0.920. The Hall–Kier alpha value is -4.76. The van der Waals surface area contributed by atoms with Gasteiger partial charge in [-0.3, -0.25) is 0 Å². The minimum Gasteiger partial charge on any atom is -0.461 e. The van der Waals surface area contributed by atoms with E-state index in [0.29, 0.717) is 0 Å². The second-order valence-corrected chi connectivity index (χ2v) is 10.4. The lowest BCUT2D eigenvalue weighted by Gasteiger charge is -2.09. The number of hydrogen-bond donors (Lipinski definition) is 0. The summed E-state index contributed by atoms with van der Waals surface area (Å²) in [4.78, 5) is 0. The lowest BCUT2D eigenvalue weighted by atomic mass is 10.0. The van der Waals surface area contributed by atoms with Gasteiger partial charge in [0.1, 0.15) is 22.5 Å². The van der Waals surface area contributed by atoms with E-state index in [1.165, 1.54) is 49.4 Å². The van der Waals surface area contributed by atoms with Crippen molar-refractivity contribution in [1.29, 1.82) is 0 Å². The summed E-state index contributed by atoms with van der Waals surface area (Å²) in [5.74, 6) is 0.974. The first kappa shape index (κ1) is 21.3. The Balaban J connectivity index is 1.38. The van der Waals surface area contributed by atoms with Gasteiger partial charge in [0.2, 0.25) is 0 Å². The van der Waals surface area contributed by atoms with E-state index in [9.17, 15) is 0 Å². The first-order valence-electron chi connectivity index (χ1n) is 13.0. The molecule has 3 nitrogen and oxygen atoms in total. The maximum absolute atomic E-state index is 6.07. The molecule has 0 saturated carbocycles. The average Bonchev–Trinajstić information content (AvgIpc) is 3.56. The van der Waals surface area contributed by atoms with Gasteiger partial charge in [-0.2, -0.15) is 0 Å². The van der Waals surface area contributed by atoms with E-state index in [-0.39, 0.29) is 0 Å². The van der Waals surface area contributed by atoms with Gasteiger partial charge in [-0.15, -0.1) is 0 Å². The first-order valence-corrected chi connectivity index (χ1v) is 13.0. The van der Waals surface area contributed by atoms with Gasteiger partial charge in [0.15, 0.2) is 0 Å². The molecule has 3 heterocycles. The third kappa shape index (κ3) is 2.96. The number of aryl methyl sites for hydroxylation is 3. The predicted octanol–water partition coefficient (Wildman–Crippen LogP) is 10.0. The molecule has 3 aromatic heterocycles. The molecule has 8 rings (SSSR count). The van der Waals surface area contributed by atoms with Crippen molar-refractivity contribution in [3.8, 4) is 16.8 Å². The number of hydrogen-bond acceptors (Lipinski definition) is 2. The summed E-state index contributed by atoms with van der Waals surface area (Å²) >= 11 is 0. The molecule has 0 saturated heterocycles. The molecule has 8 aromatic rings. The van der Waals surface area contributed by atoms with Crippen LogP contribution in [-0.4, -0.2) is 4.57 Å². The smallest absolute Gasteiger partial charge is 0.135 e. The van der Waals surface area contributed by atoms with Gasteiger partial charge in [0, 0.05) is 32.6 Å². The predicted molar refractivity (Wildman–Crippen MR) is 157 cm³/mol. The van der Waals surface area contributed by atoms with Gasteiger partial charge in [0.25, 0.3) is 0 Å². The van der Waals surface area contributed by atoms with Crippen LogP contribution >= 0.6 is 0 Å². The molecule has 0 spiro atoms. The Morgan fingerprint density at radius 2 is 1.16 bits per heavy atom. The quantitative estimate of drug-likeness (QED) is 0.241. The normalized spacial score (nSPS) is 12.1. The van der Waals surface area contributed by atoms with E-state index in [0.717, 1.165) is 39.0 Å². The summed E-state index contributed by atoms with van der Waals surface area (Å²) in [5.41, 5.74) is 11.2. The highest BCUT2D eigenvalue weighted by Gasteiger charge is 2.16. The van der Waals surface area contributed by atoms with Gasteiger partial charge in [0.05, 0.1) is 11.0 Å². The van der Waals surface area contributed by atoms with Gasteiger partial charge in [-0.05, 0) is 98.1 Å². The van der Waals surface area contributed by atoms with E-state index in [4.69, 9.17) is 8.83 Å². The molecule has 0 N–H and O–H groups in total. The van der Waals surface area contributed by atoms with Crippen molar-refractivity contribution in [2.45, 2.75) is 20.8 Å². The fourth-order valence-corrected chi connectivity index (χ4v) is 5.97. The summed E-state index contributed by atoms with van der Waals surface area (Å²) in [6.45, 7) is 6.32. The summed E-state index contributed by atoms with van der Waals surface area (Å²) in [7, 11) is 0. The third-order valence-electron chi connectivity index (χ3n) is 8.05. The van der Waals surface area contributed by atoms with Crippen LogP contribution in [0.15, 0.2) is 106 Å². The van der Waals surface area contributed by atoms with Crippen LogP contribution in [0.1, 0.15) is 16.9 Å². The summed E-state index contributed by atoms with van der Waals surface area (Å²) in [6, 6.07) is 34.8. The second kappa shape index (κ2) is 7.62. The van der Waals surface area contributed by atoms with Crippen molar-refractivity contribution in [3.63, 3.8) is 0 Å². The SMILES string of the molecule is Cc1ccc2c(c1)c1cc(-c3ccc4oc5ccccc5c4c3)ccc1n2-c1ccc2oc(C)c(C)c2c1. The Labute approximate surface area is 219 Å². The molecule has 0 aliphatic heterocycles. The van der Waals surface area contributed by atoms with Gasteiger partial charge in [-0.25, -0.2) is 0 Å². The highest BCUT2D eigenvalue weighted by atomic mass is 16.3. The van der Waals surface area contributed by atoms with Crippen LogP contribution in [0.3, 0.4) is 0 Å². The molecule has 182 valence electrons. The van der Waals surface area contributed by atoms with Crippen LogP contribution in [0.4, 0.5) is 0 Å². The highest BCUT2D eigenvalue weighted by Crippen LogP contribution is 2.38. The number of furan rings is 2. The van der Waals surface area contributed by atoms with Crippen molar-refractivity contribution in [3.05, 3.63) is 114 Å². The largest absolute Gasteiger partial charge is 0.461 e. The maximum atomic E-state index is 6.07. The number of nitrogens with zero attached hydrogens (tertiary/aromatic N) is 1. The first-order chi connectivity index (χ1) is 18.5. The molecule has 0 atom stereocenters. The van der Waals surface area contributed by atoms with Gasteiger partial charge >= 0.3 is 0 Å². The minimum atomic E-state index is 0.920. The monoisotopic (exact) mass is 491 g/mol. The molecular weight excluding hydrogens is 466 g/mol. The molecule has 0 aliphatic rings. The van der Waals surface area contributed by atoms with Crippen LogP contribution in [-0.2, 0) is 0 Å². The average molecular weight is 492 g/mol. The summed E-state index contributed by atoms with van der Waals surface area (Å²) < 4.78 is 14.4. The van der Waals surface area contributed by atoms with E-state index in [1.54, 1.807) is 0 Å². The lowest BCUT2D eigenvalue weighted by molar-refractivity contribution is 0.575. The zero-order chi connectivity index (χ0) is 25.5. The topological polar surface area (TPSA) is 31.2 Å². The standard InChI is InChI=1S/C35H25NO2/c1-20-8-12-31-28(16-20)29-17-23(24-10-14-35-30(18-24)26-6-4-5-7-33(26)38-35)9-13-32(29)36(31)25-11-15-34-27(19-25)21(2)22(3)37-34/h4-19H,1-3H3. The zero-order valence-electron chi connectivity index (χ0n) is 21.5. The molecule has 0 unspecified atom stereocenters. The van der Waals surface area contributed by atoms with E-state index in [1.807, 2.05) is 19.1 Å². The van der Waals surface area contributed by atoms with Crippen LogP contribution in [0.5, 0.6) is 0 Å². The fourth-order valence-electron chi connectivity index (χ4n) is 5.97. The van der Waals surface area contributed by atoms with E-state index < -0.39 is 0 Å².